The zero-order valence-corrected chi connectivity index (χ0v) is 19.7. The van der Waals surface area contributed by atoms with Gasteiger partial charge in [-0.15, -0.1) is 0 Å². The van der Waals surface area contributed by atoms with Gasteiger partial charge in [0.2, 0.25) is 5.91 Å². The average molecular weight is 476 g/mol. The predicted octanol–water partition coefficient (Wildman–Crippen LogP) is 5.69. The molecule has 0 radical (unpaired) electrons. The first-order chi connectivity index (χ1) is 16.6. The molecule has 174 valence electrons. The lowest BCUT2D eigenvalue weighted by atomic mass is 10.1. The highest BCUT2D eigenvalue weighted by atomic mass is 35.5. The van der Waals surface area contributed by atoms with Gasteiger partial charge in [0.15, 0.2) is 0 Å². The first kappa shape index (κ1) is 22.3. The summed E-state index contributed by atoms with van der Waals surface area (Å²) < 4.78 is 13.5. The van der Waals surface area contributed by atoms with Crippen LogP contribution in [0, 0.1) is 0 Å². The molecular weight excluding hydrogens is 450 g/mol. The minimum Gasteiger partial charge on any atom is -0.497 e. The molecule has 0 spiro atoms. The van der Waals surface area contributed by atoms with Crippen LogP contribution < -0.4 is 14.4 Å². The van der Waals surface area contributed by atoms with Crippen molar-refractivity contribution in [3.63, 3.8) is 0 Å². The highest BCUT2D eigenvalue weighted by Gasteiger charge is 2.35. The smallest absolute Gasteiger partial charge is 0.227 e. The molecule has 1 aromatic heterocycles. The fourth-order valence-electron chi connectivity index (χ4n) is 4.52. The van der Waals surface area contributed by atoms with Gasteiger partial charge in [0.05, 0.1) is 29.8 Å². The third-order valence-electron chi connectivity index (χ3n) is 6.16. The van der Waals surface area contributed by atoms with Crippen molar-refractivity contribution in [2.75, 3.05) is 25.2 Å². The van der Waals surface area contributed by atoms with Crippen molar-refractivity contribution in [1.82, 2.24) is 9.55 Å². The minimum absolute atomic E-state index is 0.00980. The summed E-state index contributed by atoms with van der Waals surface area (Å²) in [7, 11) is 1.63. The Bertz CT molecular complexity index is 1320. The number of anilines is 1. The van der Waals surface area contributed by atoms with Crippen molar-refractivity contribution in [3.05, 3.63) is 83.6 Å². The van der Waals surface area contributed by atoms with E-state index in [0.29, 0.717) is 30.3 Å². The van der Waals surface area contributed by atoms with Gasteiger partial charge in [-0.1, -0.05) is 41.9 Å². The number of methoxy groups -OCH3 is 1. The molecule has 2 heterocycles. The summed E-state index contributed by atoms with van der Waals surface area (Å²) in [4.78, 5) is 19.7. The van der Waals surface area contributed by atoms with E-state index in [2.05, 4.69) is 10.6 Å². The number of amides is 1. The molecule has 0 bridgehead atoms. The van der Waals surface area contributed by atoms with Crippen LogP contribution in [0.2, 0.25) is 5.02 Å². The molecule has 0 N–H and O–H groups in total. The molecule has 1 amide bonds. The van der Waals surface area contributed by atoms with Crippen LogP contribution in [0.1, 0.15) is 24.6 Å². The fourth-order valence-corrected chi connectivity index (χ4v) is 4.71. The van der Waals surface area contributed by atoms with Crippen LogP contribution in [-0.4, -0.2) is 35.7 Å². The first-order valence-corrected chi connectivity index (χ1v) is 11.8. The van der Waals surface area contributed by atoms with Gasteiger partial charge in [0.25, 0.3) is 0 Å². The number of rotatable bonds is 8. The second kappa shape index (κ2) is 9.77. The quantitative estimate of drug-likeness (QED) is 0.307. The van der Waals surface area contributed by atoms with Crippen LogP contribution in [0.15, 0.2) is 72.8 Å². The Morgan fingerprint density at radius 3 is 2.74 bits per heavy atom. The normalized spacial score (nSPS) is 15.8. The number of imidazole rings is 1. The van der Waals surface area contributed by atoms with E-state index in [4.69, 9.17) is 26.1 Å². The SMILES string of the molecule is COc1cccc(N2CC(c3nc4ccccc4n3CCCOc3ccccc3Cl)CC2=O)c1. The lowest BCUT2D eigenvalue weighted by molar-refractivity contribution is -0.117. The number of fused-ring (bicyclic) bond motifs is 1. The van der Waals surface area contributed by atoms with Crippen molar-refractivity contribution < 1.29 is 14.3 Å². The van der Waals surface area contributed by atoms with Gasteiger partial charge in [0.1, 0.15) is 17.3 Å². The summed E-state index contributed by atoms with van der Waals surface area (Å²) in [6.07, 6.45) is 1.22. The molecule has 4 aromatic rings. The number of para-hydroxylation sites is 3. The highest BCUT2D eigenvalue weighted by molar-refractivity contribution is 6.32. The van der Waals surface area contributed by atoms with Gasteiger partial charge in [0, 0.05) is 37.2 Å². The molecule has 0 aliphatic carbocycles. The third kappa shape index (κ3) is 4.46. The van der Waals surface area contributed by atoms with Crippen molar-refractivity contribution in [2.24, 2.45) is 0 Å². The van der Waals surface area contributed by atoms with E-state index in [9.17, 15) is 4.79 Å². The van der Waals surface area contributed by atoms with Crippen molar-refractivity contribution >= 4 is 34.2 Å². The summed E-state index contributed by atoms with van der Waals surface area (Å²) in [5.41, 5.74) is 2.86. The molecule has 6 nitrogen and oxygen atoms in total. The number of ether oxygens (including phenoxy) is 2. The van der Waals surface area contributed by atoms with Crippen LogP contribution in [0.4, 0.5) is 5.69 Å². The van der Waals surface area contributed by atoms with Crippen molar-refractivity contribution in [1.29, 1.82) is 0 Å². The van der Waals surface area contributed by atoms with E-state index in [1.54, 1.807) is 7.11 Å². The number of aromatic nitrogens is 2. The Labute approximate surface area is 203 Å². The molecule has 5 rings (SSSR count). The predicted molar refractivity (Wildman–Crippen MR) is 134 cm³/mol. The van der Waals surface area contributed by atoms with Crippen LogP contribution in [0.3, 0.4) is 0 Å². The van der Waals surface area contributed by atoms with Crippen LogP contribution in [0.25, 0.3) is 11.0 Å². The summed E-state index contributed by atoms with van der Waals surface area (Å²) in [6, 6.07) is 23.2. The first-order valence-electron chi connectivity index (χ1n) is 11.4. The zero-order chi connectivity index (χ0) is 23.5. The van der Waals surface area contributed by atoms with Gasteiger partial charge in [-0.05, 0) is 42.8 Å². The van der Waals surface area contributed by atoms with Gasteiger partial charge < -0.3 is 18.9 Å². The molecule has 3 aromatic carbocycles. The highest BCUT2D eigenvalue weighted by Crippen LogP contribution is 2.34. The number of aryl methyl sites for hydroxylation is 1. The maximum Gasteiger partial charge on any atom is 0.227 e. The second-order valence-corrected chi connectivity index (χ2v) is 8.76. The molecule has 1 fully saturated rings. The molecule has 1 aliphatic heterocycles. The van der Waals surface area contributed by atoms with Crippen LogP contribution in [0.5, 0.6) is 11.5 Å². The van der Waals surface area contributed by atoms with E-state index in [1.807, 2.05) is 71.6 Å². The van der Waals surface area contributed by atoms with Crippen molar-refractivity contribution in [2.45, 2.75) is 25.3 Å². The lowest BCUT2D eigenvalue weighted by Gasteiger charge is -2.18. The van der Waals surface area contributed by atoms with E-state index < -0.39 is 0 Å². The Balaban J connectivity index is 1.35. The number of benzene rings is 3. The Morgan fingerprint density at radius 2 is 1.88 bits per heavy atom. The second-order valence-electron chi connectivity index (χ2n) is 8.35. The number of nitrogens with zero attached hydrogens (tertiary/aromatic N) is 3. The molecule has 7 heteroatoms. The summed E-state index contributed by atoms with van der Waals surface area (Å²) in [6.45, 7) is 1.87. The van der Waals surface area contributed by atoms with E-state index in [-0.39, 0.29) is 11.8 Å². The Morgan fingerprint density at radius 1 is 1.06 bits per heavy atom. The average Bonchev–Trinajstić information content (AvgIpc) is 3.43. The molecule has 1 unspecified atom stereocenters. The number of carbonyl (C=O) groups excluding carboxylic acids is 1. The monoisotopic (exact) mass is 475 g/mol. The maximum atomic E-state index is 12.9. The van der Waals surface area contributed by atoms with Gasteiger partial charge in [-0.3, -0.25) is 4.79 Å². The summed E-state index contributed by atoms with van der Waals surface area (Å²) >= 11 is 6.20. The van der Waals surface area contributed by atoms with Crippen molar-refractivity contribution in [3.8, 4) is 11.5 Å². The van der Waals surface area contributed by atoms with Gasteiger partial charge >= 0.3 is 0 Å². The Hall–Kier alpha value is -3.51. The minimum atomic E-state index is 0.00980. The van der Waals surface area contributed by atoms with E-state index >= 15 is 0 Å². The standard InChI is InChI=1S/C27H26ClN3O3/c1-33-21-9-6-8-20(17-21)31-18-19(16-26(31)32)27-29-23-11-3-4-12-24(23)30(27)14-7-15-34-25-13-5-2-10-22(25)28/h2-6,8-13,17,19H,7,14-16,18H2,1H3. The largest absolute Gasteiger partial charge is 0.497 e. The van der Waals surface area contributed by atoms with Gasteiger partial charge in [-0.25, -0.2) is 4.98 Å². The third-order valence-corrected chi connectivity index (χ3v) is 6.47. The lowest BCUT2D eigenvalue weighted by Crippen LogP contribution is -2.24. The van der Waals surface area contributed by atoms with Gasteiger partial charge in [-0.2, -0.15) is 0 Å². The summed E-state index contributed by atoms with van der Waals surface area (Å²) in [5, 5.41) is 0.610. The number of carbonyl (C=O) groups is 1. The molecule has 1 aliphatic rings. The Kier molecular flexibility index (Phi) is 6.41. The van der Waals surface area contributed by atoms with E-state index in [1.165, 1.54) is 0 Å². The molecule has 1 saturated heterocycles. The molecular formula is C27H26ClN3O3. The summed E-state index contributed by atoms with van der Waals surface area (Å²) in [5.74, 6) is 2.47. The maximum absolute atomic E-state index is 12.9. The number of hydrogen-bond donors (Lipinski definition) is 0. The van der Waals surface area contributed by atoms with E-state index in [0.717, 1.165) is 41.3 Å². The number of hydrogen-bond acceptors (Lipinski definition) is 4. The van der Waals surface area contributed by atoms with Crippen LogP contribution in [-0.2, 0) is 11.3 Å². The molecule has 0 saturated carbocycles. The zero-order valence-electron chi connectivity index (χ0n) is 19.0. The topological polar surface area (TPSA) is 56.6 Å². The fraction of sp³-hybridized carbons (Fsp3) is 0.259. The molecule has 34 heavy (non-hydrogen) atoms. The van der Waals surface area contributed by atoms with Crippen LogP contribution >= 0.6 is 11.6 Å². The molecule has 1 atom stereocenters. The number of halogens is 1.